The molecule has 0 atom stereocenters. The zero-order valence-electron chi connectivity index (χ0n) is 18.6. The summed E-state index contributed by atoms with van der Waals surface area (Å²) in [5.74, 6) is 0.444. The van der Waals surface area contributed by atoms with Crippen molar-refractivity contribution in [2.75, 3.05) is 0 Å². The molecule has 0 saturated heterocycles. The average Bonchev–Trinajstić information content (AvgIpc) is 2.60. The summed E-state index contributed by atoms with van der Waals surface area (Å²) in [7, 11) is 0. The van der Waals surface area contributed by atoms with Gasteiger partial charge in [-0.15, -0.1) is 0 Å². The Kier molecular flexibility index (Phi) is 10.4. The summed E-state index contributed by atoms with van der Waals surface area (Å²) in [6, 6.07) is 4.77. The van der Waals surface area contributed by atoms with Gasteiger partial charge in [-0.1, -0.05) is 46.1 Å². The van der Waals surface area contributed by atoms with Gasteiger partial charge >= 0.3 is 0 Å². The smallest absolute Gasteiger partial charge is 0.119 e. The molecule has 0 bridgehead atoms. The van der Waals surface area contributed by atoms with Gasteiger partial charge in [0.2, 0.25) is 0 Å². The molecule has 1 aromatic carbocycles. The van der Waals surface area contributed by atoms with Crippen molar-refractivity contribution >= 4 is 0 Å². The highest BCUT2D eigenvalue weighted by atomic mass is 16.3. The van der Waals surface area contributed by atoms with Crippen LogP contribution in [0.4, 0.5) is 0 Å². The van der Waals surface area contributed by atoms with Gasteiger partial charge in [0, 0.05) is 5.56 Å². The zero-order chi connectivity index (χ0) is 21.1. The molecule has 2 heteroatoms. The molecule has 0 saturated carbocycles. The Balaban J connectivity index is 2.98. The molecular formula is C26H38O2. The van der Waals surface area contributed by atoms with Crippen molar-refractivity contribution in [3.63, 3.8) is 0 Å². The van der Waals surface area contributed by atoms with E-state index in [0.717, 1.165) is 37.7 Å². The van der Waals surface area contributed by atoms with Crippen molar-refractivity contribution in [2.45, 2.75) is 80.1 Å². The first-order valence-corrected chi connectivity index (χ1v) is 10.3. The van der Waals surface area contributed by atoms with Gasteiger partial charge in [0.15, 0.2) is 0 Å². The maximum Gasteiger partial charge on any atom is 0.119 e. The van der Waals surface area contributed by atoms with Crippen LogP contribution in [0.25, 0.3) is 0 Å². The number of hydrogen-bond donors (Lipinski definition) is 2. The summed E-state index contributed by atoms with van der Waals surface area (Å²) in [6.07, 6.45) is 12.6. The lowest BCUT2D eigenvalue weighted by atomic mass is 9.93. The number of phenols is 2. The third-order valence-corrected chi connectivity index (χ3v) is 4.93. The van der Waals surface area contributed by atoms with Crippen LogP contribution in [0.15, 0.2) is 64.3 Å². The molecule has 1 aromatic rings. The van der Waals surface area contributed by atoms with E-state index < -0.39 is 0 Å². The molecule has 0 amide bonds. The highest BCUT2D eigenvalue weighted by molar-refractivity contribution is 5.41. The summed E-state index contributed by atoms with van der Waals surface area (Å²) in [5, 5.41) is 20.0. The van der Waals surface area contributed by atoms with Crippen molar-refractivity contribution < 1.29 is 10.2 Å². The number of aromatic hydroxyl groups is 2. The first-order chi connectivity index (χ1) is 13.2. The normalized spacial score (nSPS) is 12.4. The van der Waals surface area contributed by atoms with Gasteiger partial charge in [-0.25, -0.2) is 0 Å². The van der Waals surface area contributed by atoms with Crippen molar-refractivity contribution in [2.24, 2.45) is 0 Å². The molecule has 0 heterocycles. The first kappa shape index (κ1) is 23.8. The van der Waals surface area contributed by atoms with E-state index in [0.29, 0.717) is 6.42 Å². The van der Waals surface area contributed by atoms with Crippen LogP contribution in [0.5, 0.6) is 11.5 Å². The Morgan fingerprint density at radius 1 is 0.821 bits per heavy atom. The van der Waals surface area contributed by atoms with E-state index in [4.69, 9.17) is 0 Å². The summed E-state index contributed by atoms with van der Waals surface area (Å²) >= 11 is 0. The maximum absolute atomic E-state index is 10.2. The monoisotopic (exact) mass is 382 g/mol. The van der Waals surface area contributed by atoms with Crippen LogP contribution in [0.2, 0.25) is 0 Å². The van der Waals surface area contributed by atoms with Crippen LogP contribution in [0.1, 0.15) is 79.2 Å². The number of allylic oxidation sites excluding steroid dienone is 8. The van der Waals surface area contributed by atoms with Crippen LogP contribution >= 0.6 is 0 Å². The third-order valence-electron chi connectivity index (χ3n) is 4.93. The second kappa shape index (κ2) is 12.3. The fourth-order valence-corrected chi connectivity index (χ4v) is 3.08. The molecular weight excluding hydrogens is 344 g/mol. The number of phenolic OH excluding ortho intramolecular Hbond substituents is 2. The Bertz CT molecular complexity index is 753. The topological polar surface area (TPSA) is 40.5 Å². The largest absolute Gasteiger partial charge is 0.508 e. The predicted molar refractivity (Wildman–Crippen MR) is 122 cm³/mol. The Hall–Kier alpha value is -2.22. The van der Waals surface area contributed by atoms with Crippen molar-refractivity contribution in [1.29, 1.82) is 0 Å². The molecule has 2 nitrogen and oxygen atoms in total. The quantitative estimate of drug-likeness (QED) is 0.320. The standard InChI is InChI=1S/C26H38O2/c1-19(2)9-7-11-21(5)13-14-23(22(6)12-8-10-20(3)4)17-24-18-25(27)15-16-26(24)28/h9-10,13,15-16,18,27-28H,7-8,11-12,14,17H2,1-6H3/b21-13+,23-22+. The van der Waals surface area contributed by atoms with Gasteiger partial charge in [0.1, 0.15) is 11.5 Å². The van der Waals surface area contributed by atoms with Crippen LogP contribution in [0, 0.1) is 0 Å². The zero-order valence-corrected chi connectivity index (χ0v) is 18.6. The number of hydrogen-bond acceptors (Lipinski definition) is 2. The Morgan fingerprint density at radius 3 is 2.04 bits per heavy atom. The molecule has 0 spiro atoms. The van der Waals surface area contributed by atoms with E-state index in [1.807, 2.05) is 0 Å². The molecule has 28 heavy (non-hydrogen) atoms. The molecule has 0 aromatic heterocycles. The van der Waals surface area contributed by atoms with E-state index in [1.165, 1.54) is 33.9 Å². The third kappa shape index (κ3) is 9.64. The Labute approximate surface area is 172 Å². The second-order valence-corrected chi connectivity index (χ2v) is 8.27. The summed E-state index contributed by atoms with van der Waals surface area (Å²) in [5.41, 5.74) is 7.58. The minimum Gasteiger partial charge on any atom is -0.508 e. The molecule has 0 aliphatic heterocycles. The summed E-state index contributed by atoms with van der Waals surface area (Å²) < 4.78 is 0. The molecule has 0 aliphatic carbocycles. The SMILES string of the molecule is CC(C)=CCC/C(C)=C/C/C(Cc1cc(O)ccc1O)=C(/C)CCC=C(C)C. The summed E-state index contributed by atoms with van der Waals surface area (Å²) in [4.78, 5) is 0. The predicted octanol–water partition coefficient (Wildman–Crippen LogP) is 7.79. The highest BCUT2D eigenvalue weighted by Gasteiger charge is 2.09. The van der Waals surface area contributed by atoms with Gasteiger partial charge in [-0.3, -0.25) is 0 Å². The number of benzene rings is 1. The lowest BCUT2D eigenvalue weighted by molar-refractivity contribution is 0.455. The van der Waals surface area contributed by atoms with E-state index in [1.54, 1.807) is 12.1 Å². The van der Waals surface area contributed by atoms with Crippen LogP contribution < -0.4 is 0 Å². The van der Waals surface area contributed by atoms with E-state index >= 15 is 0 Å². The van der Waals surface area contributed by atoms with Crippen LogP contribution in [-0.4, -0.2) is 10.2 Å². The first-order valence-electron chi connectivity index (χ1n) is 10.3. The van der Waals surface area contributed by atoms with E-state index in [-0.39, 0.29) is 11.5 Å². The highest BCUT2D eigenvalue weighted by Crippen LogP contribution is 2.28. The number of rotatable bonds is 10. The molecule has 0 fully saturated rings. The molecule has 0 unspecified atom stereocenters. The average molecular weight is 383 g/mol. The second-order valence-electron chi connectivity index (χ2n) is 8.27. The molecule has 154 valence electrons. The molecule has 2 N–H and O–H groups in total. The van der Waals surface area contributed by atoms with Gasteiger partial charge in [0.05, 0.1) is 0 Å². The fourth-order valence-electron chi connectivity index (χ4n) is 3.08. The van der Waals surface area contributed by atoms with Crippen molar-refractivity contribution in [3.05, 3.63) is 69.9 Å². The van der Waals surface area contributed by atoms with E-state index in [9.17, 15) is 10.2 Å². The van der Waals surface area contributed by atoms with Gasteiger partial charge in [-0.2, -0.15) is 0 Å². The van der Waals surface area contributed by atoms with Gasteiger partial charge in [-0.05, 0) is 98.3 Å². The molecule has 0 radical (unpaired) electrons. The van der Waals surface area contributed by atoms with Crippen LogP contribution in [-0.2, 0) is 6.42 Å². The molecule has 0 aliphatic rings. The minimum absolute atomic E-state index is 0.197. The lowest BCUT2D eigenvalue weighted by Crippen LogP contribution is -1.96. The summed E-state index contributed by atoms with van der Waals surface area (Å²) in [6.45, 7) is 12.9. The van der Waals surface area contributed by atoms with Gasteiger partial charge in [0.25, 0.3) is 0 Å². The van der Waals surface area contributed by atoms with Crippen molar-refractivity contribution in [3.8, 4) is 11.5 Å². The van der Waals surface area contributed by atoms with E-state index in [2.05, 4.69) is 59.8 Å². The maximum atomic E-state index is 10.2. The van der Waals surface area contributed by atoms with Crippen molar-refractivity contribution in [1.82, 2.24) is 0 Å². The van der Waals surface area contributed by atoms with Gasteiger partial charge < -0.3 is 10.2 Å². The molecule has 1 rings (SSSR count). The fraction of sp³-hybridized carbons (Fsp3) is 0.462. The lowest BCUT2D eigenvalue weighted by Gasteiger charge is -2.13. The Morgan fingerprint density at radius 2 is 1.43 bits per heavy atom. The minimum atomic E-state index is 0.197. The van der Waals surface area contributed by atoms with Crippen LogP contribution in [0.3, 0.4) is 0 Å².